The minimum atomic E-state index is 0.134. The molecular weight excluding hydrogens is 354 g/mol. The average molecular weight is 388 g/mol. The first-order chi connectivity index (χ1) is 13.7. The van der Waals surface area contributed by atoms with Crippen LogP contribution in [0.5, 0.6) is 5.88 Å². The number of aromatic nitrogens is 1. The quantitative estimate of drug-likeness (QED) is 0.579. The maximum absolute atomic E-state index is 11.6. The molecule has 7 nitrogen and oxygen atoms in total. The lowest BCUT2D eigenvalue weighted by Crippen LogP contribution is -2.45. The van der Waals surface area contributed by atoms with E-state index in [2.05, 4.69) is 25.5 Å². The van der Waals surface area contributed by atoms with Crippen LogP contribution in [0.4, 0.5) is 0 Å². The first-order valence-electron chi connectivity index (χ1n) is 10.5. The zero-order valence-electron chi connectivity index (χ0n) is 17.1. The normalized spacial score (nSPS) is 18.9. The number of hydrogen-bond acceptors (Lipinski definition) is 4. The van der Waals surface area contributed by atoms with Gasteiger partial charge in [0.2, 0.25) is 11.8 Å². The Bertz CT molecular complexity index is 665. The van der Waals surface area contributed by atoms with Crippen LogP contribution in [-0.2, 0) is 11.3 Å². The molecule has 1 aliphatic carbocycles. The molecule has 1 aliphatic heterocycles. The third-order valence-electron chi connectivity index (χ3n) is 5.72. The van der Waals surface area contributed by atoms with Crippen molar-refractivity contribution in [3.8, 4) is 5.88 Å². The summed E-state index contributed by atoms with van der Waals surface area (Å²) in [6.07, 6.45) is 9.56. The monoisotopic (exact) mass is 387 g/mol. The zero-order chi connectivity index (χ0) is 19.8. The molecule has 2 N–H and O–H groups in total. The highest BCUT2D eigenvalue weighted by atomic mass is 16.5. The zero-order valence-corrected chi connectivity index (χ0v) is 17.1. The van der Waals surface area contributed by atoms with Gasteiger partial charge in [0.25, 0.3) is 0 Å². The van der Waals surface area contributed by atoms with E-state index in [9.17, 15) is 4.79 Å². The van der Waals surface area contributed by atoms with Crippen LogP contribution in [0.2, 0.25) is 0 Å². The number of pyridine rings is 1. The largest absolute Gasteiger partial charge is 0.474 e. The molecule has 1 saturated carbocycles. The van der Waals surface area contributed by atoms with Gasteiger partial charge in [0, 0.05) is 52.4 Å². The van der Waals surface area contributed by atoms with Crippen molar-refractivity contribution in [2.24, 2.45) is 10.9 Å². The van der Waals surface area contributed by atoms with Gasteiger partial charge in [-0.05, 0) is 56.1 Å². The van der Waals surface area contributed by atoms with Crippen LogP contribution in [0.25, 0.3) is 0 Å². The Labute approximate surface area is 168 Å². The van der Waals surface area contributed by atoms with Gasteiger partial charge < -0.3 is 20.3 Å². The molecule has 154 valence electrons. The van der Waals surface area contributed by atoms with Crippen molar-refractivity contribution >= 4 is 11.9 Å². The van der Waals surface area contributed by atoms with E-state index in [1.165, 1.54) is 12.8 Å². The molecular formula is C21H33N5O2. The van der Waals surface area contributed by atoms with E-state index < -0.39 is 0 Å². The van der Waals surface area contributed by atoms with Gasteiger partial charge in [-0.1, -0.05) is 0 Å². The first kappa shape index (κ1) is 20.4. The van der Waals surface area contributed by atoms with Crippen molar-refractivity contribution in [2.45, 2.75) is 57.6 Å². The second-order valence-corrected chi connectivity index (χ2v) is 7.74. The molecule has 2 aliphatic rings. The van der Waals surface area contributed by atoms with Crippen molar-refractivity contribution in [3.05, 3.63) is 23.9 Å². The van der Waals surface area contributed by atoms with Gasteiger partial charge in [-0.2, -0.15) is 0 Å². The predicted octanol–water partition coefficient (Wildman–Crippen LogP) is 2.33. The minimum absolute atomic E-state index is 0.134. The number of carbonyl (C=O) groups is 1. The number of likely N-dealkylation sites (tertiary alicyclic amines) is 1. The third kappa shape index (κ3) is 5.84. The molecule has 1 aromatic rings. The van der Waals surface area contributed by atoms with Gasteiger partial charge in [-0.25, -0.2) is 4.98 Å². The minimum Gasteiger partial charge on any atom is -0.474 e. The van der Waals surface area contributed by atoms with Crippen LogP contribution in [0.15, 0.2) is 23.3 Å². The van der Waals surface area contributed by atoms with E-state index in [1.807, 2.05) is 25.4 Å². The number of aliphatic imine (C=N–C) groups is 1. The van der Waals surface area contributed by atoms with Crippen LogP contribution >= 0.6 is 0 Å². The van der Waals surface area contributed by atoms with Gasteiger partial charge in [-0.3, -0.25) is 9.79 Å². The summed E-state index contributed by atoms with van der Waals surface area (Å²) >= 11 is 0. The average Bonchev–Trinajstić information content (AvgIpc) is 3.23. The number of piperidine rings is 1. The van der Waals surface area contributed by atoms with E-state index in [0.29, 0.717) is 25.0 Å². The molecule has 0 spiro atoms. The lowest BCUT2D eigenvalue weighted by molar-refractivity contribution is -0.121. The third-order valence-corrected chi connectivity index (χ3v) is 5.72. The van der Waals surface area contributed by atoms with Crippen LogP contribution in [-0.4, -0.2) is 55.0 Å². The molecule has 0 atom stereocenters. The Morgan fingerprint density at radius 2 is 2.04 bits per heavy atom. The predicted molar refractivity (Wildman–Crippen MR) is 110 cm³/mol. The molecule has 28 heavy (non-hydrogen) atoms. The number of nitrogens with zero attached hydrogens (tertiary/aromatic N) is 3. The SMILES string of the molecule is CN=C(NCc1ccnc(OC2CCCC2)c1)N1CCC(CC(=O)NC)CC1. The highest BCUT2D eigenvalue weighted by Gasteiger charge is 2.23. The highest BCUT2D eigenvalue weighted by molar-refractivity contribution is 5.80. The van der Waals surface area contributed by atoms with E-state index in [0.717, 1.165) is 56.2 Å². The second kappa shape index (κ2) is 10.3. The first-order valence-corrected chi connectivity index (χ1v) is 10.5. The molecule has 7 heteroatoms. The summed E-state index contributed by atoms with van der Waals surface area (Å²) in [6, 6.07) is 4.03. The molecule has 0 unspecified atom stereocenters. The summed E-state index contributed by atoms with van der Waals surface area (Å²) in [5, 5.41) is 6.18. The molecule has 1 amide bonds. The number of guanidine groups is 1. The van der Waals surface area contributed by atoms with Crippen LogP contribution in [0.1, 0.15) is 50.5 Å². The maximum Gasteiger partial charge on any atom is 0.220 e. The number of carbonyl (C=O) groups excluding carboxylic acids is 1. The number of ether oxygens (including phenoxy) is 1. The second-order valence-electron chi connectivity index (χ2n) is 7.74. The van der Waals surface area contributed by atoms with Gasteiger partial charge in [0.05, 0.1) is 0 Å². The Balaban J connectivity index is 1.47. The van der Waals surface area contributed by atoms with Crippen LogP contribution in [0.3, 0.4) is 0 Å². The molecule has 2 heterocycles. The summed E-state index contributed by atoms with van der Waals surface area (Å²) in [5.41, 5.74) is 1.14. The number of amides is 1. The van der Waals surface area contributed by atoms with E-state index in [4.69, 9.17) is 4.74 Å². The Morgan fingerprint density at radius 3 is 2.71 bits per heavy atom. The molecule has 2 fully saturated rings. The molecule has 3 rings (SSSR count). The van der Waals surface area contributed by atoms with Crippen molar-refractivity contribution in [2.75, 3.05) is 27.2 Å². The number of hydrogen-bond donors (Lipinski definition) is 2. The van der Waals surface area contributed by atoms with Gasteiger partial charge in [0.15, 0.2) is 5.96 Å². The van der Waals surface area contributed by atoms with Crippen LogP contribution < -0.4 is 15.4 Å². The van der Waals surface area contributed by atoms with Crippen molar-refractivity contribution in [1.82, 2.24) is 20.5 Å². The summed E-state index contributed by atoms with van der Waals surface area (Å²) in [4.78, 5) is 22.6. The summed E-state index contributed by atoms with van der Waals surface area (Å²) in [6.45, 7) is 2.54. The van der Waals surface area contributed by atoms with Gasteiger partial charge in [0.1, 0.15) is 6.10 Å². The molecule has 1 saturated heterocycles. The van der Waals surface area contributed by atoms with Crippen molar-refractivity contribution in [3.63, 3.8) is 0 Å². The smallest absolute Gasteiger partial charge is 0.220 e. The van der Waals surface area contributed by atoms with Crippen molar-refractivity contribution in [1.29, 1.82) is 0 Å². The van der Waals surface area contributed by atoms with Gasteiger partial charge in [-0.15, -0.1) is 0 Å². The lowest BCUT2D eigenvalue weighted by atomic mass is 9.93. The fourth-order valence-corrected chi connectivity index (χ4v) is 4.03. The molecule has 0 aromatic carbocycles. The number of rotatable bonds is 6. The van der Waals surface area contributed by atoms with Crippen molar-refractivity contribution < 1.29 is 9.53 Å². The molecule has 0 radical (unpaired) electrons. The Morgan fingerprint density at radius 1 is 1.29 bits per heavy atom. The Kier molecular flexibility index (Phi) is 7.51. The topological polar surface area (TPSA) is 78.9 Å². The van der Waals surface area contributed by atoms with E-state index in [1.54, 1.807) is 7.05 Å². The summed E-state index contributed by atoms with van der Waals surface area (Å²) in [7, 11) is 3.52. The Hall–Kier alpha value is -2.31. The fraction of sp³-hybridized carbons (Fsp3) is 0.667. The lowest BCUT2D eigenvalue weighted by Gasteiger charge is -2.34. The summed E-state index contributed by atoms with van der Waals surface area (Å²) < 4.78 is 6.01. The highest BCUT2D eigenvalue weighted by Crippen LogP contribution is 2.23. The molecule has 1 aromatic heterocycles. The fourth-order valence-electron chi connectivity index (χ4n) is 4.03. The maximum atomic E-state index is 11.6. The van der Waals surface area contributed by atoms with E-state index >= 15 is 0 Å². The number of nitrogens with one attached hydrogen (secondary N) is 2. The summed E-state index contributed by atoms with van der Waals surface area (Å²) in [5.74, 6) is 2.23. The van der Waals surface area contributed by atoms with Gasteiger partial charge >= 0.3 is 0 Å². The standard InChI is InChI=1S/C21H33N5O2/c1-22-19(27)13-16-8-11-26(12-9-16)21(23-2)25-15-17-7-10-24-20(14-17)28-18-5-3-4-6-18/h7,10,14,16,18H,3-6,8-9,11-13,15H2,1-2H3,(H,22,27)(H,23,25). The van der Waals surface area contributed by atoms with Crippen LogP contribution in [0, 0.1) is 5.92 Å². The molecule has 0 bridgehead atoms. The van der Waals surface area contributed by atoms with E-state index in [-0.39, 0.29) is 5.91 Å².